The summed E-state index contributed by atoms with van der Waals surface area (Å²) in [5.74, 6) is 0.469. The van der Waals surface area contributed by atoms with Gasteiger partial charge >= 0.3 is 0 Å². The molecule has 1 aliphatic rings. The number of nitrogens with zero attached hydrogens (tertiary/aromatic N) is 4. The molecule has 0 aliphatic carbocycles. The van der Waals surface area contributed by atoms with Crippen LogP contribution in [0.4, 0.5) is 11.5 Å². The molecular weight excluding hydrogens is 438 g/mol. The van der Waals surface area contributed by atoms with E-state index in [2.05, 4.69) is 57.1 Å². The highest BCUT2D eigenvalue weighted by molar-refractivity contribution is 7.13. The zero-order valence-electron chi connectivity index (χ0n) is 17.8. The summed E-state index contributed by atoms with van der Waals surface area (Å²) in [6, 6.07) is 18.6. The van der Waals surface area contributed by atoms with Crippen LogP contribution in [0.1, 0.15) is 0 Å². The molecule has 0 radical (unpaired) electrons. The first kappa shape index (κ1) is 20.9. The molecule has 0 saturated carbocycles. The molecule has 4 aromatic rings. The van der Waals surface area contributed by atoms with Gasteiger partial charge in [-0.3, -0.25) is 0 Å². The number of aromatic nitrogens is 2. The minimum Gasteiger partial charge on any atom is -0.383 e. The summed E-state index contributed by atoms with van der Waals surface area (Å²) in [6.45, 7) is 4.30. The van der Waals surface area contributed by atoms with E-state index in [1.807, 2.05) is 36.0 Å². The number of nitrogens with two attached hydrogens (primary N) is 1. The molecule has 1 aliphatic heterocycles. The van der Waals surface area contributed by atoms with E-state index in [1.165, 1.54) is 5.69 Å². The van der Waals surface area contributed by atoms with Crippen LogP contribution < -0.4 is 10.6 Å². The SMILES string of the molecule is CN1CCN(c2ccc(-c3cnc(N)c(-c4ncsc4-c4cccc(Cl)c4)c3)cc2)CC1. The van der Waals surface area contributed by atoms with Gasteiger partial charge in [-0.1, -0.05) is 35.9 Å². The fraction of sp³-hybridized carbons (Fsp3) is 0.200. The molecule has 1 saturated heterocycles. The van der Waals surface area contributed by atoms with Gasteiger partial charge in [-0.2, -0.15) is 0 Å². The molecule has 2 N–H and O–H groups in total. The van der Waals surface area contributed by atoms with Crippen LogP contribution in [0, 0.1) is 0 Å². The molecule has 2 aromatic heterocycles. The predicted octanol–water partition coefficient (Wildman–Crippen LogP) is 5.53. The Balaban J connectivity index is 1.46. The first-order chi connectivity index (χ1) is 15.6. The summed E-state index contributed by atoms with van der Waals surface area (Å²) >= 11 is 7.79. The van der Waals surface area contributed by atoms with Gasteiger partial charge in [-0.25, -0.2) is 9.97 Å². The summed E-state index contributed by atoms with van der Waals surface area (Å²) < 4.78 is 0. The molecule has 5 rings (SSSR count). The molecule has 32 heavy (non-hydrogen) atoms. The molecule has 162 valence electrons. The van der Waals surface area contributed by atoms with E-state index < -0.39 is 0 Å². The number of nitrogen functional groups attached to an aromatic ring is 1. The molecule has 0 atom stereocenters. The van der Waals surface area contributed by atoms with Gasteiger partial charge in [0.15, 0.2) is 0 Å². The van der Waals surface area contributed by atoms with Crippen LogP contribution in [0.5, 0.6) is 0 Å². The molecule has 1 fully saturated rings. The Morgan fingerprint density at radius 1 is 0.906 bits per heavy atom. The number of likely N-dealkylation sites (N-methyl/N-ethyl adjacent to an activating group) is 1. The highest BCUT2D eigenvalue weighted by Crippen LogP contribution is 2.39. The molecule has 7 heteroatoms. The van der Waals surface area contributed by atoms with Crippen LogP contribution in [-0.2, 0) is 0 Å². The van der Waals surface area contributed by atoms with E-state index in [4.69, 9.17) is 17.3 Å². The van der Waals surface area contributed by atoms with Crippen molar-refractivity contribution in [3.05, 3.63) is 71.3 Å². The Morgan fingerprint density at radius 3 is 2.44 bits per heavy atom. The summed E-state index contributed by atoms with van der Waals surface area (Å²) in [5.41, 5.74) is 14.2. The lowest BCUT2D eigenvalue weighted by Crippen LogP contribution is -2.44. The van der Waals surface area contributed by atoms with Crippen LogP contribution in [0.25, 0.3) is 32.8 Å². The van der Waals surface area contributed by atoms with Crippen LogP contribution in [0.2, 0.25) is 5.02 Å². The number of thiazole rings is 1. The van der Waals surface area contributed by atoms with Crippen LogP contribution in [-0.4, -0.2) is 48.1 Å². The van der Waals surface area contributed by atoms with Crippen LogP contribution >= 0.6 is 22.9 Å². The van der Waals surface area contributed by atoms with Crippen molar-refractivity contribution in [3.8, 4) is 32.8 Å². The third-order valence-corrected chi connectivity index (χ3v) is 7.01. The quantitative estimate of drug-likeness (QED) is 0.433. The molecule has 2 aromatic carbocycles. The minimum atomic E-state index is 0.469. The molecule has 3 heterocycles. The molecular formula is C25H24ClN5S. The summed E-state index contributed by atoms with van der Waals surface area (Å²) in [5, 5.41) is 0.696. The highest BCUT2D eigenvalue weighted by atomic mass is 35.5. The van der Waals surface area contributed by atoms with E-state index in [-0.39, 0.29) is 0 Å². The monoisotopic (exact) mass is 461 g/mol. The van der Waals surface area contributed by atoms with Gasteiger partial charge in [0, 0.05) is 54.2 Å². The van der Waals surface area contributed by atoms with Gasteiger partial charge in [-0.15, -0.1) is 11.3 Å². The Kier molecular flexibility index (Phi) is 5.83. The lowest BCUT2D eigenvalue weighted by atomic mass is 10.0. The van der Waals surface area contributed by atoms with Gasteiger partial charge in [-0.05, 0) is 48.5 Å². The fourth-order valence-electron chi connectivity index (χ4n) is 4.02. The zero-order chi connectivity index (χ0) is 22.1. The second kappa shape index (κ2) is 8.90. The van der Waals surface area contributed by atoms with Crippen molar-refractivity contribution in [1.29, 1.82) is 0 Å². The maximum absolute atomic E-state index is 6.29. The normalized spacial score (nSPS) is 14.6. The van der Waals surface area contributed by atoms with Crippen molar-refractivity contribution in [2.24, 2.45) is 0 Å². The predicted molar refractivity (Wildman–Crippen MR) is 135 cm³/mol. The largest absolute Gasteiger partial charge is 0.383 e. The van der Waals surface area contributed by atoms with Gasteiger partial charge in [0.1, 0.15) is 5.82 Å². The highest BCUT2D eigenvalue weighted by Gasteiger charge is 2.17. The second-order valence-electron chi connectivity index (χ2n) is 8.03. The average Bonchev–Trinajstić information content (AvgIpc) is 3.30. The number of benzene rings is 2. The number of pyridine rings is 1. The van der Waals surface area contributed by atoms with Crippen molar-refractivity contribution < 1.29 is 0 Å². The second-order valence-corrected chi connectivity index (χ2v) is 9.33. The Hall–Kier alpha value is -2.93. The Bertz CT molecular complexity index is 1230. The summed E-state index contributed by atoms with van der Waals surface area (Å²) in [7, 11) is 2.17. The number of rotatable bonds is 4. The van der Waals surface area contributed by atoms with E-state index in [9.17, 15) is 0 Å². The van der Waals surface area contributed by atoms with E-state index in [0.717, 1.165) is 59.0 Å². The van der Waals surface area contributed by atoms with E-state index in [1.54, 1.807) is 11.3 Å². The van der Waals surface area contributed by atoms with Gasteiger partial charge in [0.05, 0.1) is 16.1 Å². The minimum absolute atomic E-state index is 0.469. The Labute approximate surface area is 197 Å². The molecule has 0 bridgehead atoms. The summed E-state index contributed by atoms with van der Waals surface area (Å²) in [4.78, 5) is 14.9. The smallest absolute Gasteiger partial charge is 0.132 e. The zero-order valence-corrected chi connectivity index (χ0v) is 19.4. The third kappa shape index (κ3) is 4.21. The number of anilines is 2. The maximum atomic E-state index is 6.29. The lowest BCUT2D eigenvalue weighted by Gasteiger charge is -2.34. The Morgan fingerprint density at radius 2 is 1.69 bits per heavy atom. The molecule has 0 spiro atoms. The van der Waals surface area contributed by atoms with E-state index >= 15 is 0 Å². The van der Waals surface area contributed by atoms with E-state index in [0.29, 0.717) is 10.8 Å². The maximum Gasteiger partial charge on any atom is 0.132 e. The van der Waals surface area contributed by atoms with Crippen LogP contribution in [0.15, 0.2) is 66.3 Å². The van der Waals surface area contributed by atoms with Crippen molar-refractivity contribution in [1.82, 2.24) is 14.9 Å². The number of hydrogen-bond donors (Lipinski definition) is 1. The topological polar surface area (TPSA) is 58.3 Å². The molecule has 0 amide bonds. The lowest BCUT2D eigenvalue weighted by molar-refractivity contribution is 0.313. The van der Waals surface area contributed by atoms with Gasteiger partial charge in [0.2, 0.25) is 0 Å². The number of piperazine rings is 1. The average molecular weight is 462 g/mol. The first-order valence-electron chi connectivity index (χ1n) is 10.6. The molecule has 5 nitrogen and oxygen atoms in total. The van der Waals surface area contributed by atoms with Crippen molar-refractivity contribution in [2.75, 3.05) is 43.9 Å². The van der Waals surface area contributed by atoms with Gasteiger partial charge < -0.3 is 15.5 Å². The van der Waals surface area contributed by atoms with Crippen molar-refractivity contribution in [3.63, 3.8) is 0 Å². The van der Waals surface area contributed by atoms with Crippen molar-refractivity contribution >= 4 is 34.4 Å². The van der Waals surface area contributed by atoms with Crippen LogP contribution in [0.3, 0.4) is 0 Å². The number of hydrogen-bond acceptors (Lipinski definition) is 6. The fourth-order valence-corrected chi connectivity index (χ4v) is 5.02. The van der Waals surface area contributed by atoms with Crippen molar-refractivity contribution in [2.45, 2.75) is 0 Å². The summed E-state index contributed by atoms with van der Waals surface area (Å²) in [6.07, 6.45) is 1.83. The standard InChI is InChI=1S/C25H24ClN5S/c1-30-9-11-31(12-10-30)21-7-5-17(6-8-21)19-14-22(25(27)28-15-19)23-24(32-16-29-23)18-3-2-4-20(26)13-18/h2-8,13-16H,9-12H2,1H3,(H2,27,28). The molecule has 0 unspecified atom stereocenters. The van der Waals surface area contributed by atoms with Gasteiger partial charge in [0.25, 0.3) is 0 Å². The number of halogens is 1. The third-order valence-electron chi connectivity index (χ3n) is 5.90. The first-order valence-corrected chi connectivity index (χ1v) is 11.8.